The molecule has 0 N–H and O–H groups in total. The van der Waals surface area contributed by atoms with Crippen LogP contribution >= 0.6 is 0 Å². The molecule has 2 aliphatic heterocycles. The highest BCUT2D eigenvalue weighted by molar-refractivity contribution is 6.77. The maximum absolute atomic E-state index is 6.87. The van der Waals surface area contributed by atoms with E-state index in [-0.39, 0.29) is 0 Å². The first-order valence-corrected chi connectivity index (χ1v) is 12.3. The average Bonchev–Trinajstić information content (AvgIpc) is 3.16. The second-order valence-electron chi connectivity index (χ2n) is 8.68. The molecule has 2 aliphatic rings. The minimum absolute atomic E-state index is 0.464. The largest absolute Gasteiger partial charge is 0.414 e. The third kappa shape index (κ3) is 3.43. The maximum Gasteiger partial charge on any atom is 0.200 e. The van der Waals surface area contributed by atoms with E-state index >= 15 is 0 Å². The number of hydrogen-bond donors (Lipinski definition) is 0. The summed E-state index contributed by atoms with van der Waals surface area (Å²) in [5.74, 6) is 1.23. The number of benzene rings is 1. The summed E-state index contributed by atoms with van der Waals surface area (Å²) < 4.78 is 6.87. The predicted molar refractivity (Wildman–Crippen MR) is 113 cm³/mol. The Morgan fingerprint density at radius 2 is 1.65 bits per heavy atom. The monoisotopic (exact) mass is 373 g/mol. The van der Waals surface area contributed by atoms with Gasteiger partial charge in [0, 0.05) is 6.42 Å². The first-order chi connectivity index (χ1) is 12.4. The van der Waals surface area contributed by atoms with Crippen LogP contribution in [-0.2, 0) is 4.43 Å². The molecule has 0 radical (unpaired) electrons. The summed E-state index contributed by atoms with van der Waals surface area (Å²) >= 11 is 0. The standard InChI is InChI=1S/C21H35N3OSi/c1-16(2)26(17(3)4,18(5)6)25-14-20-12-13-21-22-24(15-23(20)21)19-10-8-7-9-11-19/h7-11,16-18,20H,12-15H2,1-6H3/t20-/m0/s1. The number of para-hydroxylation sites is 1. The van der Waals surface area contributed by atoms with Crippen LogP contribution in [-0.4, -0.2) is 38.4 Å². The van der Waals surface area contributed by atoms with E-state index in [9.17, 15) is 0 Å². The van der Waals surface area contributed by atoms with Crippen LogP contribution in [0.3, 0.4) is 0 Å². The first-order valence-electron chi connectivity index (χ1n) is 10.2. The molecule has 0 spiro atoms. The van der Waals surface area contributed by atoms with E-state index in [0.29, 0.717) is 22.7 Å². The second kappa shape index (κ2) is 7.73. The molecule has 1 aromatic carbocycles. The predicted octanol–water partition coefficient (Wildman–Crippen LogP) is 5.43. The van der Waals surface area contributed by atoms with Crippen molar-refractivity contribution in [2.24, 2.45) is 5.10 Å². The van der Waals surface area contributed by atoms with Crippen LogP contribution in [0.5, 0.6) is 0 Å². The zero-order valence-electron chi connectivity index (χ0n) is 17.3. The van der Waals surface area contributed by atoms with Gasteiger partial charge >= 0.3 is 0 Å². The Morgan fingerprint density at radius 1 is 1.04 bits per heavy atom. The summed E-state index contributed by atoms with van der Waals surface area (Å²) in [5.41, 5.74) is 3.08. The number of nitrogens with zero attached hydrogens (tertiary/aromatic N) is 3. The quantitative estimate of drug-likeness (QED) is 0.596. The van der Waals surface area contributed by atoms with E-state index in [0.717, 1.165) is 19.7 Å². The summed E-state index contributed by atoms with van der Waals surface area (Å²) in [4.78, 5) is 2.47. The molecule has 4 nitrogen and oxygen atoms in total. The minimum atomic E-state index is -1.80. The van der Waals surface area contributed by atoms with Crippen molar-refractivity contribution in [2.45, 2.75) is 77.0 Å². The third-order valence-corrected chi connectivity index (χ3v) is 12.4. The summed E-state index contributed by atoms with van der Waals surface area (Å²) in [6.45, 7) is 15.9. The van der Waals surface area contributed by atoms with Crippen LogP contribution in [0, 0.1) is 0 Å². The van der Waals surface area contributed by atoms with Crippen LogP contribution in [0.2, 0.25) is 16.6 Å². The Kier molecular flexibility index (Phi) is 5.77. The van der Waals surface area contributed by atoms with Crippen molar-refractivity contribution in [1.29, 1.82) is 0 Å². The fourth-order valence-electron chi connectivity index (χ4n) is 5.08. The molecule has 144 valence electrons. The Morgan fingerprint density at radius 3 is 2.23 bits per heavy atom. The van der Waals surface area contributed by atoms with Crippen LogP contribution in [0.15, 0.2) is 35.4 Å². The fourth-order valence-corrected chi connectivity index (χ4v) is 10.6. The molecule has 0 aliphatic carbocycles. The van der Waals surface area contributed by atoms with Crippen molar-refractivity contribution in [3.63, 3.8) is 0 Å². The summed E-state index contributed by atoms with van der Waals surface area (Å²) in [5, 5.41) is 6.98. The molecule has 26 heavy (non-hydrogen) atoms. The molecule has 2 heterocycles. The Bertz CT molecular complexity index is 608. The highest BCUT2D eigenvalue weighted by Crippen LogP contribution is 2.43. The molecule has 3 rings (SSSR count). The van der Waals surface area contributed by atoms with E-state index < -0.39 is 8.32 Å². The van der Waals surface area contributed by atoms with Crippen molar-refractivity contribution in [3.8, 4) is 0 Å². The molecule has 0 saturated carbocycles. The highest BCUT2D eigenvalue weighted by atomic mass is 28.4. The number of fused-ring (bicyclic) bond motifs is 1. The highest BCUT2D eigenvalue weighted by Gasteiger charge is 2.46. The summed E-state index contributed by atoms with van der Waals surface area (Å²) in [6, 6.07) is 10.9. The third-order valence-electron chi connectivity index (χ3n) is 6.28. The van der Waals surface area contributed by atoms with Gasteiger partial charge in [-0.1, -0.05) is 59.7 Å². The van der Waals surface area contributed by atoms with Crippen molar-refractivity contribution >= 4 is 19.8 Å². The van der Waals surface area contributed by atoms with E-state index in [1.165, 1.54) is 17.9 Å². The molecule has 1 aromatic rings. The number of rotatable bonds is 7. The van der Waals surface area contributed by atoms with Gasteiger partial charge in [0.25, 0.3) is 0 Å². The number of anilines is 1. The van der Waals surface area contributed by atoms with Gasteiger partial charge in [0.05, 0.1) is 18.3 Å². The van der Waals surface area contributed by atoms with Gasteiger partial charge in [0.2, 0.25) is 0 Å². The van der Waals surface area contributed by atoms with Crippen LogP contribution in [0.4, 0.5) is 5.69 Å². The summed E-state index contributed by atoms with van der Waals surface area (Å²) in [7, 11) is -1.80. The van der Waals surface area contributed by atoms with Gasteiger partial charge < -0.3 is 9.33 Å². The van der Waals surface area contributed by atoms with Gasteiger partial charge in [0.15, 0.2) is 8.32 Å². The Balaban J connectivity index is 1.68. The average molecular weight is 374 g/mol. The lowest BCUT2D eigenvalue weighted by Crippen LogP contribution is -2.50. The van der Waals surface area contributed by atoms with E-state index in [1.54, 1.807) is 0 Å². The Labute approximate surface area is 160 Å². The number of hydrazone groups is 1. The molecule has 0 amide bonds. The molecule has 1 fully saturated rings. The summed E-state index contributed by atoms with van der Waals surface area (Å²) in [6.07, 6.45) is 2.23. The van der Waals surface area contributed by atoms with Crippen molar-refractivity contribution < 1.29 is 4.43 Å². The van der Waals surface area contributed by atoms with Gasteiger partial charge in [-0.3, -0.25) is 0 Å². The van der Waals surface area contributed by atoms with E-state index in [1.807, 2.05) is 0 Å². The number of amidine groups is 1. The van der Waals surface area contributed by atoms with Crippen LogP contribution in [0.25, 0.3) is 0 Å². The van der Waals surface area contributed by atoms with Gasteiger partial charge in [-0.15, -0.1) is 0 Å². The van der Waals surface area contributed by atoms with Crippen LogP contribution < -0.4 is 5.01 Å². The van der Waals surface area contributed by atoms with E-state index in [2.05, 4.69) is 81.8 Å². The van der Waals surface area contributed by atoms with Gasteiger partial charge in [-0.25, -0.2) is 5.01 Å². The molecule has 0 aromatic heterocycles. The lowest BCUT2D eigenvalue weighted by molar-refractivity contribution is 0.193. The fraction of sp³-hybridized carbons (Fsp3) is 0.667. The lowest BCUT2D eigenvalue weighted by Gasteiger charge is -2.43. The smallest absolute Gasteiger partial charge is 0.200 e. The van der Waals surface area contributed by atoms with Gasteiger partial charge in [-0.05, 0) is 35.2 Å². The second-order valence-corrected chi connectivity index (χ2v) is 14.1. The Hall–Kier alpha value is -1.33. The molecule has 1 saturated heterocycles. The van der Waals surface area contributed by atoms with Gasteiger partial charge in [-0.2, -0.15) is 5.10 Å². The van der Waals surface area contributed by atoms with Crippen LogP contribution in [0.1, 0.15) is 54.4 Å². The normalized spacial score (nSPS) is 20.5. The SMILES string of the molecule is CC(C)[Si](OC[C@@H]1CCC2=NN(c3ccccc3)CN21)(C(C)C)C(C)C. The van der Waals surface area contributed by atoms with Crippen molar-refractivity contribution in [1.82, 2.24) is 4.90 Å². The molecule has 5 heteroatoms. The van der Waals surface area contributed by atoms with Gasteiger partial charge in [0.1, 0.15) is 12.5 Å². The van der Waals surface area contributed by atoms with Crippen molar-refractivity contribution in [3.05, 3.63) is 30.3 Å². The molecular weight excluding hydrogens is 338 g/mol. The molecular formula is C21H35N3OSi. The molecule has 0 unspecified atom stereocenters. The topological polar surface area (TPSA) is 28.1 Å². The zero-order chi connectivity index (χ0) is 18.9. The molecule has 0 bridgehead atoms. The maximum atomic E-state index is 6.87. The van der Waals surface area contributed by atoms with E-state index in [4.69, 9.17) is 9.53 Å². The first kappa shape index (κ1) is 19.4. The molecule has 1 atom stereocenters. The minimum Gasteiger partial charge on any atom is -0.414 e. The van der Waals surface area contributed by atoms with Crippen molar-refractivity contribution in [2.75, 3.05) is 18.3 Å². The number of hydrogen-bond acceptors (Lipinski definition) is 4. The lowest BCUT2D eigenvalue weighted by atomic mass is 10.2. The zero-order valence-corrected chi connectivity index (χ0v) is 18.3.